The van der Waals surface area contributed by atoms with Crippen LogP contribution in [0.3, 0.4) is 0 Å². The van der Waals surface area contributed by atoms with Crippen molar-refractivity contribution in [3.05, 3.63) is 46.0 Å². The van der Waals surface area contributed by atoms with E-state index >= 15 is 0 Å². The smallest absolute Gasteiger partial charge is 0.224 e. The minimum atomic E-state index is -1.10. The van der Waals surface area contributed by atoms with Crippen LogP contribution in [0.15, 0.2) is 35.4 Å². The molecule has 0 unspecified atom stereocenters. The van der Waals surface area contributed by atoms with Gasteiger partial charge in [-0.05, 0) is 56.2 Å². The second-order valence-electron chi connectivity index (χ2n) is 6.96. The Hall–Kier alpha value is -1.81. The molecule has 2 fully saturated rings. The van der Waals surface area contributed by atoms with Crippen molar-refractivity contribution in [2.75, 3.05) is 0 Å². The minimum absolute atomic E-state index is 0.0353. The van der Waals surface area contributed by atoms with E-state index in [9.17, 15) is 14.7 Å². The van der Waals surface area contributed by atoms with Gasteiger partial charge in [0.05, 0.1) is 5.92 Å². The molecule has 2 saturated carbocycles. The summed E-state index contributed by atoms with van der Waals surface area (Å²) in [5, 5.41) is 15.2. The Morgan fingerprint density at radius 2 is 1.71 bits per heavy atom. The van der Waals surface area contributed by atoms with E-state index < -0.39 is 17.8 Å². The van der Waals surface area contributed by atoms with Crippen LogP contribution in [-0.4, -0.2) is 11.9 Å². The zero-order valence-electron chi connectivity index (χ0n) is 13.8. The quantitative estimate of drug-likeness (QED) is 0.850. The number of benzene rings is 1. The summed E-state index contributed by atoms with van der Waals surface area (Å²) in [5.74, 6) is -2.54. The van der Waals surface area contributed by atoms with Gasteiger partial charge in [0, 0.05) is 23.5 Å². The number of carbonyl (C=O) groups excluding carboxylic acids is 2. The van der Waals surface area contributed by atoms with Crippen molar-refractivity contribution in [2.24, 2.45) is 23.7 Å². The van der Waals surface area contributed by atoms with Crippen LogP contribution in [0.25, 0.3) is 0 Å². The van der Waals surface area contributed by atoms with Crippen LogP contribution in [-0.2, 0) is 16.1 Å². The molecule has 1 aromatic rings. The first-order valence-corrected chi connectivity index (χ1v) is 8.68. The normalized spacial score (nSPS) is 28.0. The number of allylic oxidation sites excluding steroid dienone is 2. The molecule has 128 valence electrons. The van der Waals surface area contributed by atoms with E-state index in [1.807, 2.05) is 26.0 Å². The highest BCUT2D eigenvalue weighted by Gasteiger charge is 2.54. The number of carboxylic acid groups (broad SMARTS) is 1. The van der Waals surface area contributed by atoms with E-state index in [1.54, 1.807) is 12.1 Å². The van der Waals surface area contributed by atoms with E-state index in [0.29, 0.717) is 11.6 Å². The van der Waals surface area contributed by atoms with E-state index in [-0.39, 0.29) is 17.7 Å². The minimum Gasteiger partial charge on any atom is -0.550 e. The van der Waals surface area contributed by atoms with Crippen LogP contribution < -0.4 is 10.4 Å². The van der Waals surface area contributed by atoms with Gasteiger partial charge in [-0.25, -0.2) is 0 Å². The van der Waals surface area contributed by atoms with Crippen LogP contribution in [0, 0.1) is 23.7 Å². The summed E-state index contributed by atoms with van der Waals surface area (Å²) in [5.41, 5.74) is 3.24. The number of hydrogen-bond acceptors (Lipinski definition) is 3. The first-order valence-electron chi connectivity index (χ1n) is 8.30. The van der Waals surface area contributed by atoms with E-state index in [0.717, 1.165) is 29.6 Å². The summed E-state index contributed by atoms with van der Waals surface area (Å²) in [4.78, 5) is 24.4. The van der Waals surface area contributed by atoms with Crippen molar-refractivity contribution >= 4 is 23.5 Å². The van der Waals surface area contributed by atoms with Gasteiger partial charge in [0.25, 0.3) is 0 Å². The second-order valence-corrected chi connectivity index (χ2v) is 7.40. The van der Waals surface area contributed by atoms with Gasteiger partial charge in [0.2, 0.25) is 5.91 Å². The van der Waals surface area contributed by atoms with Gasteiger partial charge in [0.1, 0.15) is 0 Å². The molecule has 0 spiro atoms. The lowest BCUT2D eigenvalue weighted by atomic mass is 9.78. The predicted octanol–water partition coefficient (Wildman–Crippen LogP) is 2.31. The lowest BCUT2D eigenvalue weighted by Crippen LogP contribution is -2.45. The number of hydrogen-bond donors (Lipinski definition) is 1. The molecule has 4 nitrogen and oxygen atoms in total. The lowest BCUT2D eigenvalue weighted by molar-refractivity contribution is -0.314. The van der Waals surface area contributed by atoms with Crippen molar-refractivity contribution in [2.45, 2.75) is 33.2 Å². The molecule has 2 aliphatic rings. The highest BCUT2D eigenvalue weighted by atomic mass is 35.5. The number of carbonyl (C=O) groups is 2. The third-order valence-electron chi connectivity index (χ3n) is 5.37. The van der Waals surface area contributed by atoms with Gasteiger partial charge in [0.15, 0.2) is 0 Å². The summed E-state index contributed by atoms with van der Waals surface area (Å²) >= 11 is 5.86. The average Bonchev–Trinajstić information content (AvgIpc) is 3.10. The van der Waals surface area contributed by atoms with Gasteiger partial charge < -0.3 is 15.2 Å². The Morgan fingerprint density at radius 3 is 2.25 bits per heavy atom. The van der Waals surface area contributed by atoms with E-state index in [2.05, 4.69) is 5.32 Å². The van der Waals surface area contributed by atoms with Crippen molar-refractivity contribution in [3.63, 3.8) is 0 Å². The summed E-state index contributed by atoms with van der Waals surface area (Å²) in [6.45, 7) is 4.37. The highest BCUT2D eigenvalue weighted by Crippen LogP contribution is 2.56. The fourth-order valence-electron chi connectivity index (χ4n) is 4.50. The fourth-order valence-corrected chi connectivity index (χ4v) is 4.63. The number of nitrogens with one attached hydrogen (secondary N) is 1. The summed E-state index contributed by atoms with van der Waals surface area (Å²) in [6.07, 6.45) is 1.72. The van der Waals surface area contributed by atoms with Crippen LogP contribution >= 0.6 is 11.6 Å². The first-order chi connectivity index (χ1) is 11.4. The molecular formula is C19H21ClNO3-. The SMILES string of the molecule is CC(C)=C1[C@H]2CC[C@@H]1[C@H](C(=O)[O-])[C@@H]2C(=O)NCc1ccc(Cl)cc1. The van der Waals surface area contributed by atoms with Gasteiger partial charge >= 0.3 is 0 Å². The van der Waals surface area contributed by atoms with E-state index in [1.165, 1.54) is 0 Å². The molecule has 5 heteroatoms. The van der Waals surface area contributed by atoms with Crippen LogP contribution in [0.2, 0.25) is 5.02 Å². The van der Waals surface area contributed by atoms with Gasteiger partial charge in [-0.15, -0.1) is 0 Å². The maximum atomic E-state index is 12.7. The summed E-state index contributed by atoms with van der Waals surface area (Å²) in [7, 11) is 0. The molecule has 24 heavy (non-hydrogen) atoms. The molecule has 2 aliphatic carbocycles. The molecular weight excluding hydrogens is 326 g/mol. The van der Waals surface area contributed by atoms with Crippen molar-refractivity contribution < 1.29 is 14.7 Å². The number of amides is 1. The van der Waals surface area contributed by atoms with Gasteiger partial charge in [-0.1, -0.05) is 34.9 Å². The van der Waals surface area contributed by atoms with Crippen LogP contribution in [0.4, 0.5) is 0 Å². The summed E-state index contributed by atoms with van der Waals surface area (Å²) in [6, 6.07) is 7.24. The van der Waals surface area contributed by atoms with Crippen LogP contribution in [0.1, 0.15) is 32.3 Å². The Labute approximate surface area is 146 Å². The first kappa shape index (κ1) is 17.0. The third-order valence-corrected chi connectivity index (χ3v) is 5.63. The third kappa shape index (κ3) is 2.95. The van der Waals surface area contributed by atoms with Gasteiger partial charge in [-0.3, -0.25) is 4.79 Å². The molecule has 0 aromatic heterocycles. The number of halogens is 1. The molecule has 4 atom stereocenters. The molecule has 2 bridgehead atoms. The summed E-state index contributed by atoms with van der Waals surface area (Å²) < 4.78 is 0. The number of carboxylic acids is 1. The molecule has 1 aromatic carbocycles. The molecule has 3 rings (SSSR count). The molecule has 0 saturated heterocycles. The average molecular weight is 347 g/mol. The Kier molecular flexibility index (Phi) is 4.68. The zero-order chi connectivity index (χ0) is 17.4. The predicted molar refractivity (Wildman–Crippen MR) is 89.9 cm³/mol. The topological polar surface area (TPSA) is 69.2 Å². The Bertz CT molecular complexity index is 691. The van der Waals surface area contributed by atoms with E-state index in [4.69, 9.17) is 11.6 Å². The number of fused-ring (bicyclic) bond motifs is 2. The Balaban J connectivity index is 1.77. The standard InChI is InChI=1S/C19H22ClNO3/c1-10(2)15-13-7-8-14(15)17(19(23)24)16(13)18(22)21-9-11-3-5-12(20)6-4-11/h3-6,13-14,16-17H,7-9H2,1-2H3,(H,21,22)(H,23,24)/p-1/t13-,14+,16-,17+/m1/s1. The number of aliphatic carboxylic acids is 1. The maximum absolute atomic E-state index is 12.7. The molecule has 1 N–H and O–H groups in total. The number of rotatable bonds is 4. The molecule has 0 heterocycles. The zero-order valence-corrected chi connectivity index (χ0v) is 14.6. The fraction of sp³-hybridized carbons (Fsp3) is 0.474. The highest BCUT2D eigenvalue weighted by molar-refractivity contribution is 6.30. The van der Waals surface area contributed by atoms with Crippen molar-refractivity contribution in [1.29, 1.82) is 0 Å². The Morgan fingerprint density at radius 1 is 1.12 bits per heavy atom. The maximum Gasteiger partial charge on any atom is 0.224 e. The van der Waals surface area contributed by atoms with Crippen LogP contribution in [0.5, 0.6) is 0 Å². The lowest BCUT2D eigenvalue weighted by Gasteiger charge is -2.30. The van der Waals surface area contributed by atoms with Crippen molar-refractivity contribution in [1.82, 2.24) is 5.32 Å². The van der Waals surface area contributed by atoms with Gasteiger partial charge in [-0.2, -0.15) is 0 Å². The second kappa shape index (κ2) is 6.60. The molecule has 0 radical (unpaired) electrons. The molecule has 1 amide bonds. The monoisotopic (exact) mass is 346 g/mol. The largest absolute Gasteiger partial charge is 0.550 e. The molecule has 0 aliphatic heterocycles. The van der Waals surface area contributed by atoms with Crippen molar-refractivity contribution in [3.8, 4) is 0 Å².